The predicted octanol–water partition coefficient (Wildman–Crippen LogP) is 2.26. The molecule has 19 heavy (non-hydrogen) atoms. The summed E-state index contributed by atoms with van der Waals surface area (Å²) < 4.78 is 5.93. The van der Waals surface area contributed by atoms with Crippen molar-refractivity contribution in [2.24, 2.45) is 11.8 Å². The summed E-state index contributed by atoms with van der Waals surface area (Å²) in [6, 6.07) is 1.53. The second kappa shape index (κ2) is 5.34. The van der Waals surface area contributed by atoms with Crippen molar-refractivity contribution in [1.29, 1.82) is 0 Å². The standard InChI is InChI=1S/C16H30N2O/c1-16(2,3)19-9-8-18-11-14(12-4-5-12)17-10-15(18)13-6-7-13/h12-15,17H,4-11H2,1-3H3. The maximum atomic E-state index is 5.93. The normalized spacial score (nSPS) is 33.6. The summed E-state index contributed by atoms with van der Waals surface area (Å²) in [6.07, 6.45) is 5.77. The molecule has 1 aliphatic heterocycles. The van der Waals surface area contributed by atoms with E-state index in [0.29, 0.717) is 0 Å². The first-order valence-electron chi connectivity index (χ1n) is 8.14. The highest BCUT2D eigenvalue weighted by molar-refractivity contribution is 4.99. The van der Waals surface area contributed by atoms with Crippen LogP contribution in [-0.4, -0.2) is 48.8 Å². The fraction of sp³-hybridized carbons (Fsp3) is 1.00. The van der Waals surface area contributed by atoms with E-state index in [1.54, 1.807) is 0 Å². The zero-order valence-corrected chi connectivity index (χ0v) is 12.8. The zero-order valence-electron chi connectivity index (χ0n) is 12.8. The van der Waals surface area contributed by atoms with E-state index < -0.39 is 0 Å². The molecule has 110 valence electrons. The molecule has 0 amide bonds. The third-order valence-electron chi connectivity index (χ3n) is 4.76. The van der Waals surface area contributed by atoms with Crippen LogP contribution in [0.5, 0.6) is 0 Å². The van der Waals surface area contributed by atoms with Gasteiger partial charge in [0.1, 0.15) is 0 Å². The Labute approximate surface area is 118 Å². The van der Waals surface area contributed by atoms with Crippen molar-refractivity contribution in [1.82, 2.24) is 10.2 Å². The predicted molar refractivity (Wildman–Crippen MR) is 78.3 cm³/mol. The number of hydrogen-bond donors (Lipinski definition) is 1. The lowest BCUT2D eigenvalue weighted by Crippen LogP contribution is -2.58. The van der Waals surface area contributed by atoms with E-state index in [1.807, 2.05) is 0 Å². The Morgan fingerprint density at radius 2 is 1.79 bits per heavy atom. The lowest BCUT2D eigenvalue weighted by atomic mass is 10.0. The molecule has 0 radical (unpaired) electrons. The summed E-state index contributed by atoms with van der Waals surface area (Å²) in [5.74, 6) is 1.92. The molecule has 3 heteroatoms. The molecule has 1 N–H and O–H groups in total. The fourth-order valence-corrected chi connectivity index (χ4v) is 3.34. The monoisotopic (exact) mass is 266 g/mol. The fourth-order valence-electron chi connectivity index (χ4n) is 3.34. The van der Waals surface area contributed by atoms with Gasteiger partial charge in [0.2, 0.25) is 0 Å². The van der Waals surface area contributed by atoms with Gasteiger partial charge in [0, 0.05) is 31.7 Å². The minimum absolute atomic E-state index is 0.000984. The van der Waals surface area contributed by atoms with Crippen molar-refractivity contribution < 1.29 is 4.74 Å². The number of rotatable bonds is 5. The third-order valence-corrected chi connectivity index (χ3v) is 4.76. The molecule has 2 atom stereocenters. The molecule has 3 rings (SSSR count). The van der Waals surface area contributed by atoms with Crippen LogP contribution >= 0.6 is 0 Å². The Morgan fingerprint density at radius 1 is 1.11 bits per heavy atom. The summed E-state index contributed by atoms with van der Waals surface area (Å²) in [5, 5.41) is 3.81. The van der Waals surface area contributed by atoms with Crippen LogP contribution in [0.3, 0.4) is 0 Å². The molecule has 2 aliphatic carbocycles. The summed E-state index contributed by atoms with van der Waals surface area (Å²) >= 11 is 0. The SMILES string of the molecule is CC(C)(C)OCCN1CC(C2CC2)NCC1C1CC1. The molecule has 3 fully saturated rings. The maximum absolute atomic E-state index is 5.93. The zero-order chi connectivity index (χ0) is 13.5. The van der Waals surface area contributed by atoms with Gasteiger partial charge in [0.15, 0.2) is 0 Å². The molecule has 0 bridgehead atoms. The summed E-state index contributed by atoms with van der Waals surface area (Å²) in [5.41, 5.74) is -0.000984. The minimum atomic E-state index is -0.000984. The van der Waals surface area contributed by atoms with E-state index in [2.05, 4.69) is 31.0 Å². The highest BCUT2D eigenvalue weighted by Crippen LogP contribution is 2.39. The van der Waals surface area contributed by atoms with Crippen molar-refractivity contribution in [3.8, 4) is 0 Å². The van der Waals surface area contributed by atoms with E-state index in [1.165, 1.54) is 38.8 Å². The summed E-state index contributed by atoms with van der Waals surface area (Å²) in [6.45, 7) is 10.9. The summed E-state index contributed by atoms with van der Waals surface area (Å²) in [4.78, 5) is 2.73. The van der Waals surface area contributed by atoms with E-state index in [4.69, 9.17) is 4.74 Å². The number of piperazine rings is 1. The van der Waals surface area contributed by atoms with Crippen molar-refractivity contribution in [3.05, 3.63) is 0 Å². The second-order valence-electron chi connectivity index (χ2n) is 7.71. The van der Waals surface area contributed by atoms with Gasteiger partial charge in [0.05, 0.1) is 12.2 Å². The Morgan fingerprint density at radius 3 is 2.37 bits per heavy atom. The number of nitrogens with zero attached hydrogens (tertiary/aromatic N) is 1. The first-order chi connectivity index (χ1) is 9.03. The Bertz CT molecular complexity index is 304. The van der Waals surface area contributed by atoms with Crippen molar-refractivity contribution in [3.63, 3.8) is 0 Å². The van der Waals surface area contributed by atoms with Crippen LogP contribution in [0.25, 0.3) is 0 Å². The lowest BCUT2D eigenvalue weighted by molar-refractivity contribution is -0.0244. The van der Waals surface area contributed by atoms with E-state index in [9.17, 15) is 0 Å². The molecule has 1 saturated heterocycles. The molecular weight excluding hydrogens is 236 g/mol. The molecule has 0 aromatic heterocycles. The molecule has 2 saturated carbocycles. The highest BCUT2D eigenvalue weighted by Gasteiger charge is 2.42. The van der Waals surface area contributed by atoms with E-state index in [-0.39, 0.29) is 5.60 Å². The first-order valence-corrected chi connectivity index (χ1v) is 8.14. The molecule has 2 unspecified atom stereocenters. The van der Waals surface area contributed by atoms with Crippen molar-refractivity contribution in [2.45, 2.75) is 64.1 Å². The molecule has 1 heterocycles. The van der Waals surface area contributed by atoms with Crippen LogP contribution in [0.15, 0.2) is 0 Å². The van der Waals surface area contributed by atoms with Gasteiger partial charge in [-0.05, 0) is 58.3 Å². The first kappa shape index (κ1) is 13.8. The Hall–Kier alpha value is -0.120. The molecular formula is C16H30N2O. The highest BCUT2D eigenvalue weighted by atomic mass is 16.5. The van der Waals surface area contributed by atoms with Gasteiger partial charge in [-0.1, -0.05) is 0 Å². The van der Waals surface area contributed by atoms with Gasteiger partial charge in [-0.3, -0.25) is 4.90 Å². The Balaban J connectivity index is 1.51. The summed E-state index contributed by atoms with van der Waals surface area (Å²) in [7, 11) is 0. The number of hydrogen-bond acceptors (Lipinski definition) is 3. The third kappa shape index (κ3) is 3.93. The second-order valence-corrected chi connectivity index (χ2v) is 7.71. The van der Waals surface area contributed by atoms with Gasteiger partial charge in [-0.25, -0.2) is 0 Å². The van der Waals surface area contributed by atoms with Crippen LogP contribution in [0.2, 0.25) is 0 Å². The van der Waals surface area contributed by atoms with Gasteiger partial charge >= 0.3 is 0 Å². The van der Waals surface area contributed by atoms with Gasteiger partial charge in [-0.15, -0.1) is 0 Å². The Kier molecular flexibility index (Phi) is 3.89. The smallest absolute Gasteiger partial charge is 0.0600 e. The van der Waals surface area contributed by atoms with E-state index in [0.717, 1.165) is 37.1 Å². The van der Waals surface area contributed by atoms with Crippen LogP contribution in [0, 0.1) is 11.8 Å². The van der Waals surface area contributed by atoms with Crippen molar-refractivity contribution in [2.75, 3.05) is 26.2 Å². The van der Waals surface area contributed by atoms with Crippen LogP contribution in [-0.2, 0) is 4.74 Å². The topological polar surface area (TPSA) is 24.5 Å². The number of ether oxygens (including phenoxy) is 1. The average molecular weight is 266 g/mol. The number of nitrogens with one attached hydrogen (secondary N) is 1. The minimum Gasteiger partial charge on any atom is -0.375 e. The molecule has 0 aromatic carbocycles. The van der Waals surface area contributed by atoms with Crippen LogP contribution in [0.1, 0.15) is 46.5 Å². The van der Waals surface area contributed by atoms with Gasteiger partial charge < -0.3 is 10.1 Å². The van der Waals surface area contributed by atoms with Gasteiger partial charge in [-0.2, -0.15) is 0 Å². The van der Waals surface area contributed by atoms with Crippen LogP contribution < -0.4 is 5.32 Å². The van der Waals surface area contributed by atoms with Gasteiger partial charge in [0.25, 0.3) is 0 Å². The van der Waals surface area contributed by atoms with E-state index >= 15 is 0 Å². The van der Waals surface area contributed by atoms with Crippen molar-refractivity contribution >= 4 is 0 Å². The molecule has 0 aromatic rings. The maximum Gasteiger partial charge on any atom is 0.0600 e. The quantitative estimate of drug-likeness (QED) is 0.826. The largest absolute Gasteiger partial charge is 0.375 e. The van der Waals surface area contributed by atoms with Crippen LogP contribution in [0.4, 0.5) is 0 Å². The average Bonchev–Trinajstić information content (AvgIpc) is 3.19. The molecule has 3 nitrogen and oxygen atoms in total. The molecule has 3 aliphatic rings. The lowest BCUT2D eigenvalue weighted by Gasteiger charge is -2.41. The molecule has 0 spiro atoms.